The first-order chi connectivity index (χ1) is 19.1. The number of halogens is 1. The van der Waals surface area contributed by atoms with Gasteiger partial charge in [0.1, 0.15) is 11.5 Å². The van der Waals surface area contributed by atoms with Crippen molar-refractivity contribution >= 4 is 39.0 Å². The lowest BCUT2D eigenvalue weighted by Gasteiger charge is -2.19. The molecule has 0 saturated carbocycles. The molecule has 1 fully saturated rings. The Kier molecular flexibility index (Phi) is 12.8. The lowest BCUT2D eigenvalue weighted by atomic mass is 10.1. The van der Waals surface area contributed by atoms with E-state index in [2.05, 4.69) is 44.8 Å². The Morgan fingerprint density at radius 2 is 1.95 bits per heavy atom. The van der Waals surface area contributed by atoms with Crippen LogP contribution >= 0.6 is 9.39 Å². The van der Waals surface area contributed by atoms with Gasteiger partial charge in [0.2, 0.25) is 0 Å². The van der Waals surface area contributed by atoms with Crippen LogP contribution in [0.15, 0.2) is 39.4 Å². The van der Waals surface area contributed by atoms with Crippen molar-refractivity contribution in [1.29, 1.82) is 0 Å². The summed E-state index contributed by atoms with van der Waals surface area (Å²) in [6.07, 6.45) is 1.85. The number of imide groups is 1. The normalized spacial score (nSPS) is 15.3. The molecule has 40 heavy (non-hydrogen) atoms. The van der Waals surface area contributed by atoms with E-state index < -0.39 is 29.7 Å². The minimum atomic E-state index is -0.787. The highest BCUT2D eigenvalue weighted by atomic mass is 31.0. The van der Waals surface area contributed by atoms with Crippen molar-refractivity contribution < 1.29 is 27.9 Å². The fraction of sp³-hybridized carbons (Fsp3) is 0.407. The molecular formula is C27H38FN6O5P. The Balaban J connectivity index is 0.000000337. The van der Waals surface area contributed by atoms with E-state index >= 15 is 0 Å². The first kappa shape index (κ1) is 32.5. The number of rotatable bonds is 11. The number of aliphatic imine (C=N–C) groups is 1. The number of benzene rings is 1. The fourth-order valence-electron chi connectivity index (χ4n) is 3.81. The highest BCUT2D eigenvalue weighted by Crippen LogP contribution is 2.23. The van der Waals surface area contributed by atoms with Crippen LogP contribution in [0.5, 0.6) is 5.75 Å². The summed E-state index contributed by atoms with van der Waals surface area (Å²) in [7, 11) is 5.13. The lowest BCUT2D eigenvalue weighted by Crippen LogP contribution is -2.32. The molecule has 2 unspecified atom stereocenters. The third-order valence-corrected chi connectivity index (χ3v) is 6.51. The maximum Gasteiger partial charge on any atom is 0.322 e. The molecule has 2 heterocycles. The SMILES string of the molecule is CCN(CC)CCN/C(=C/c1ccc(C2NC(=O)NC2=O)o1)C(C)=NC.COc1ccc(C)c(C(=O)NP)c1F. The fourth-order valence-corrected chi connectivity index (χ4v) is 3.96. The largest absolute Gasteiger partial charge is 0.494 e. The van der Waals surface area contributed by atoms with E-state index in [1.165, 1.54) is 13.2 Å². The van der Waals surface area contributed by atoms with Gasteiger partial charge in [0.25, 0.3) is 11.8 Å². The molecule has 1 aliphatic heterocycles. The van der Waals surface area contributed by atoms with Gasteiger partial charge in [-0.15, -0.1) is 0 Å². The summed E-state index contributed by atoms with van der Waals surface area (Å²) in [5.41, 5.74) is 2.30. The van der Waals surface area contributed by atoms with Crippen molar-refractivity contribution in [3.05, 3.63) is 58.4 Å². The van der Waals surface area contributed by atoms with Crippen LogP contribution in [0.2, 0.25) is 0 Å². The van der Waals surface area contributed by atoms with E-state index in [-0.39, 0.29) is 11.3 Å². The summed E-state index contributed by atoms with van der Waals surface area (Å²) >= 11 is 0. The number of hydrogen-bond acceptors (Lipinski definition) is 8. The van der Waals surface area contributed by atoms with E-state index in [0.29, 0.717) is 17.1 Å². The predicted octanol–water partition coefficient (Wildman–Crippen LogP) is 3.19. The summed E-state index contributed by atoms with van der Waals surface area (Å²) < 4.78 is 24.1. The van der Waals surface area contributed by atoms with Gasteiger partial charge in [-0.1, -0.05) is 19.9 Å². The molecule has 1 aromatic carbocycles. The van der Waals surface area contributed by atoms with Gasteiger partial charge in [-0.05, 0) is 60.1 Å². The van der Waals surface area contributed by atoms with E-state index in [1.807, 2.05) is 22.4 Å². The van der Waals surface area contributed by atoms with E-state index in [0.717, 1.165) is 37.6 Å². The highest BCUT2D eigenvalue weighted by molar-refractivity contribution is 7.15. The molecule has 218 valence electrons. The monoisotopic (exact) mass is 576 g/mol. The van der Waals surface area contributed by atoms with Crippen LogP contribution in [0.4, 0.5) is 9.18 Å². The van der Waals surface area contributed by atoms with Gasteiger partial charge in [-0.2, -0.15) is 0 Å². The number of nitrogens with zero attached hydrogens (tertiary/aromatic N) is 2. The topological polar surface area (TPSA) is 137 Å². The van der Waals surface area contributed by atoms with Crippen molar-refractivity contribution in [2.24, 2.45) is 4.99 Å². The number of allylic oxidation sites excluding steroid dienone is 1. The summed E-state index contributed by atoms with van der Waals surface area (Å²) in [4.78, 5) is 40.8. The molecule has 13 heteroatoms. The number of carbonyl (C=O) groups is 3. The quantitative estimate of drug-likeness (QED) is 0.183. The number of furan rings is 1. The minimum Gasteiger partial charge on any atom is -0.494 e. The van der Waals surface area contributed by atoms with Gasteiger partial charge in [0.15, 0.2) is 17.6 Å². The number of nitrogens with one attached hydrogen (secondary N) is 4. The van der Waals surface area contributed by atoms with Crippen molar-refractivity contribution in [1.82, 2.24) is 25.9 Å². The van der Waals surface area contributed by atoms with E-state index in [9.17, 15) is 18.8 Å². The Hall–Kier alpha value is -3.76. The van der Waals surface area contributed by atoms with Crippen molar-refractivity contribution in [3.8, 4) is 5.75 Å². The lowest BCUT2D eigenvalue weighted by molar-refractivity contribution is -0.120. The summed E-state index contributed by atoms with van der Waals surface area (Å²) in [5, 5.41) is 10.4. The second-order valence-corrected chi connectivity index (χ2v) is 8.99. The molecule has 2 aromatic rings. The van der Waals surface area contributed by atoms with Crippen molar-refractivity contribution in [3.63, 3.8) is 0 Å². The van der Waals surface area contributed by atoms with Gasteiger partial charge in [-0.3, -0.25) is 19.9 Å². The zero-order valence-electron chi connectivity index (χ0n) is 23.7. The second-order valence-electron chi connectivity index (χ2n) is 8.70. The standard InChI is InChI=1S/C18H27N5O3.C9H11FNO2P/c1-5-23(6-2)10-9-20-14(12(3)19-4)11-13-7-8-15(26-13)16-17(24)22-18(25)21-16;1-5-3-4-6(13-2)8(10)7(5)9(12)11-14/h7-8,11,16,20H,5-6,9-10H2,1-4H3,(H2,21,22,24,25);3-4H,14H2,1-2H3,(H,11,12)/b14-11+,19-12?;. The van der Waals surface area contributed by atoms with Crippen molar-refractivity contribution in [2.75, 3.05) is 40.3 Å². The molecule has 0 spiro atoms. The molecule has 4 amide bonds. The molecule has 0 bridgehead atoms. The van der Waals surface area contributed by atoms with Crippen LogP contribution in [-0.4, -0.2) is 68.8 Å². The molecule has 2 atom stereocenters. The maximum absolute atomic E-state index is 13.6. The number of carbonyl (C=O) groups excluding carboxylic acids is 3. The van der Waals surface area contributed by atoms with Crippen LogP contribution in [0.25, 0.3) is 6.08 Å². The number of methoxy groups -OCH3 is 1. The molecule has 4 N–H and O–H groups in total. The summed E-state index contributed by atoms with van der Waals surface area (Å²) in [5.74, 6) is -0.477. The first-order valence-corrected chi connectivity index (χ1v) is 13.3. The smallest absolute Gasteiger partial charge is 0.322 e. The molecule has 1 aliphatic rings. The summed E-state index contributed by atoms with van der Waals surface area (Å²) in [6, 6.07) is 5.28. The van der Waals surface area contributed by atoms with Crippen LogP contribution in [0.1, 0.15) is 54.3 Å². The Bertz CT molecular complexity index is 1260. The average Bonchev–Trinajstić information content (AvgIpc) is 3.55. The van der Waals surface area contributed by atoms with E-state index in [4.69, 9.17) is 9.15 Å². The van der Waals surface area contributed by atoms with Crippen LogP contribution in [0, 0.1) is 12.7 Å². The van der Waals surface area contributed by atoms with Gasteiger partial charge in [-0.25, -0.2) is 9.18 Å². The highest BCUT2D eigenvalue weighted by Gasteiger charge is 2.33. The Labute approximate surface area is 236 Å². The summed E-state index contributed by atoms with van der Waals surface area (Å²) in [6.45, 7) is 11.6. The number of hydrogen-bond donors (Lipinski definition) is 4. The minimum absolute atomic E-state index is 0.0133. The van der Waals surface area contributed by atoms with Gasteiger partial charge < -0.3 is 29.8 Å². The van der Waals surface area contributed by atoms with Crippen LogP contribution in [0.3, 0.4) is 0 Å². The molecular weight excluding hydrogens is 538 g/mol. The molecule has 3 rings (SSSR count). The van der Waals surface area contributed by atoms with Gasteiger partial charge in [0.05, 0.1) is 24.1 Å². The molecule has 0 aliphatic carbocycles. The van der Waals surface area contributed by atoms with Crippen molar-refractivity contribution in [2.45, 2.75) is 33.7 Å². The first-order valence-electron chi connectivity index (χ1n) is 12.8. The predicted molar refractivity (Wildman–Crippen MR) is 156 cm³/mol. The maximum atomic E-state index is 13.6. The number of aryl methyl sites for hydroxylation is 1. The third kappa shape index (κ3) is 8.62. The van der Waals surface area contributed by atoms with Gasteiger partial charge in [0, 0.05) is 26.2 Å². The van der Waals surface area contributed by atoms with Crippen LogP contribution in [-0.2, 0) is 4.79 Å². The Morgan fingerprint density at radius 3 is 2.50 bits per heavy atom. The Morgan fingerprint density at radius 1 is 1.25 bits per heavy atom. The number of ether oxygens (including phenoxy) is 1. The zero-order valence-corrected chi connectivity index (χ0v) is 24.8. The van der Waals surface area contributed by atoms with E-state index in [1.54, 1.807) is 32.2 Å². The van der Waals surface area contributed by atoms with Crippen LogP contribution < -0.4 is 25.8 Å². The molecule has 1 aromatic heterocycles. The second kappa shape index (κ2) is 15.7. The molecule has 1 saturated heterocycles. The molecule has 0 radical (unpaired) electrons. The third-order valence-electron chi connectivity index (χ3n) is 6.25. The number of amides is 4. The molecule has 11 nitrogen and oxygen atoms in total. The number of urea groups is 1. The van der Waals surface area contributed by atoms with Gasteiger partial charge >= 0.3 is 6.03 Å². The average molecular weight is 577 g/mol. The zero-order chi connectivity index (χ0) is 29.8. The number of likely N-dealkylation sites (N-methyl/N-ethyl adjacent to an activating group) is 1.